The van der Waals surface area contributed by atoms with Crippen LogP contribution in [0.3, 0.4) is 0 Å². The molecular formula is C24H18O2. The maximum atomic E-state index is 13.1. The Kier molecular flexibility index (Phi) is 4.48. The van der Waals surface area contributed by atoms with Crippen molar-refractivity contribution >= 4 is 16.7 Å². The van der Waals surface area contributed by atoms with Crippen LogP contribution in [0.15, 0.2) is 103 Å². The summed E-state index contributed by atoms with van der Waals surface area (Å²) in [7, 11) is 0. The number of esters is 1. The highest BCUT2D eigenvalue weighted by atomic mass is 16.5. The van der Waals surface area contributed by atoms with Gasteiger partial charge in [0.1, 0.15) is 11.7 Å². The maximum Gasteiger partial charge on any atom is 0.323 e. The first-order chi connectivity index (χ1) is 12.8. The number of carbonyl (C=O) groups is 1. The van der Waals surface area contributed by atoms with Crippen molar-refractivity contribution < 1.29 is 9.53 Å². The van der Waals surface area contributed by atoms with Crippen LogP contribution in [0, 0.1) is 0 Å². The van der Waals surface area contributed by atoms with Crippen molar-refractivity contribution in [3.05, 3.63) is 114 Å². The number of carbonyl (C=O) groups excluding carboxylic acids is 1. The van der Waals surface area contributed by atoms with Gasteiger partial charge < -0.3 is 4.74 Å². The van der Waals surface area contributed by atoms with Crippen LogP contribution in [-0.4, -0.2) is 5.97 Å². The molecule has 0 heterocycles. The monoisotopic (exact) mass is 338 g/mol. The van der Waals surface area contributed by atoms with Gasteiger partial charge in [-0.05, 0) is 22.6 Å². The Morgan fingerprint density at radius 2 is 1.15 bits per heavy atom. The summed E-state index contributed by atoms with van der Waals surface area (Å²) in [6.45, 7) is 0. The van der Waals surface area contributed by atoms with Crippen LogP contribution < -0.4 is 4.74 Å². The molecule has 26 heavy (non-hydrogen) atoms. The van der Waals surface area contributed by atoms with E-state index in [9.17, 15) is 4.79 Å². The van der Waals surface area contributed by atoms with Gasteiger partial charge in [0.25, 0.3) is 0 Å². The van der Waals surface area contributed by atoms with Gasteiger partial charge in [-0.3, -0.25) is 4.79 Å². The van der Waals surface area contributed by atoms with Crippen LogP contribution in [0.4, 0.5) is 0 Å². The van der Waals surface area contributed by atoms with E-state index >= 15 is 0 Å². The highest BCUT2D eigenvalue weighted by Crippen LogP contribution is 2.30. The van der Waals surface area contributed by atoms with Gasteiger partial charge in [-0.15, -0.1) is 0 Å². The maximum absolute atomic E-state index is 13.1. The minimum Gasteiger partial charge on any atom is -0.425 e. The van der Waals surface area contributed by atoms with Crippen molar-refractivity contribution in [3.8, 4) is 5.75 Å². The second-order valence-corrected chi connectivity index (χ2v) is 6.15. The third-order valence-electron chi connectivity index (χ3n) is 4.46. The van der Waals surface area contributed by atoms with Crippen LogP contribution >= 0.6 is 0 Å². The highest BCUT2D eigenvalue weighted by molar-refractivity contribution is 5.92. The fraction of sp³-hybridized carbons (Fsp3) is 0.0417. The summed E-state index contributed by atoms with van der Waals surface area (Å²) in [6.07, 6.45) is 0. The molecule has 0 aliphatic heterocycles. The molecule has 0 aromatic heterocycles. The fourth-order valence-electron chi connectivity index (χ4n) is 3.21. The molecule has 0 saturated heterocycles. The molecule has 0 aliphatic carbocycles. The number of hydrogen-bond donors (Lipinski definition) is 0. The summed E-state index contributed by atoms with van der Waals surface area (Å²) >= 11 is 0. The third kappa shape index (κ3) is 3.22. The van der Waals surface area contributed by atoms with Crippen molar-refractivity contribution in [2.45, 2.75) is 5.92 Å². The summed E-state index contributed by atoms with van der Waals surface area (Å²) in [4.78, 5) is 13.1. The molecule has 126 valence electrons. The van der Waals surface area contributed by atoms with Gasteiger partial charge in [-0.2, -0.15) is 0 Å². The molecule has 0 fully saturated rings. The first kappa shape index (κ1) is 16.1. The zero-order valence-corrected chi connectivity index (χ0v) is 14.2. The SMILES string of the molecule is O=C(Oc1cccc2ccccc12)C(c1ccccc1)c1ccccc1. The van der Waals surface area contributed by atoms with Crippen LogP contribution in [0.25, 0.3) is 10.8 Å². The number of rotatable bonds is 4. The Bertz CT molecular complexity index is 979. The largest absolute Gasteiger partial charge is 0.425 e. The minimum atomic E-state index is -0.462. The zero-order valence-electron chi connectivity index (χ0n) is 14.2. The van der Waals surface area contributed by atoms with Crippen molar-refractivity contribution in [3.63, 3.8) is 0 Å². The zero-order chi connectivity index (χ0) is 17.8. The van der Waals surface area contributed by atoms with E-state index in [0.717, 1.165) is 21.9 Å². The molecule has 0 bridgehead atoms. The predicted molar refractivity (Wildman–Crippen MR) is 104 cm³/mol. The Morgan fingerprint density at radius 1 is 0.615 bits per heavy atom. The van der Waals surface area contributed by atoms with Crippen molar-refractivity contribution in [2.75, 3.05) is 0 Å². The Labute approximate surface area is 152 Å². The molecule has 0 radical (unpaired) electrons. The second kappa shape index (κ2) is 7.24. The molecule has 0 aliphatic rings. The molecule has 0 atom stereocenters. The second-order valence-electron chi connectivity index (χ2n) is 6.15. The standard InChI is InChI=1S/C24H18O2/c25-24(26-22-17-9-15-18-10-7-8-16-21(18)22)23(19-11-3-1-4-12-19)20-13-5-2-6-14-20/h1-17,23H. The predicted octanol–water partition coefficient (Wildman–Crippen LogP) is 5.58. The summed E-state index contributed by atoms with van der Waals surface area (Å²) < 4.78 is 5.86. The van der Waals surface area contributed by atoms with Crippen LogP contribution in [0.2, 0.25) is 0 Å². The van der Waals surface area contributed by atoms with Crippen molar-refractivity contribution in [1.82, 2.24) is 0 Å². The molecule has 0 saturated carbocycles. The Morgan fingerprint density at radius 3 is 1.81 bits per heavy atom. The Hall–Kier alpha value is -3.39. The first-order valence-electron chi connectivity index (χ1n) is 8.62. The van der Waals surface area contributed by atoms with Crippen molar-refractivity contribution in [2.24, 2.45) is 0 Å². The summed E-state index contributed by atoms with van der Waals surface area (Å²) in [5.74, 6) is -0.153. The molecule has 0 N–H and O–H groups in total. The van der Waals surface area contributed by atoms with E-state index in [-0.39, 0.29) is 5.97 Å². The van der Waals surface area contributed by atoms with E-state index in [1.165, 1.54) is 0 Å². The van der Waals surface area contributed by atoms with E-state index < -0.39 is 5.92 Å². The molecule has 4 aromatic rings. The van der Waals surface area contributed by atoms with E-state index in [1.54, 1.807) is 0 Å². The lowest BCUT2D eigenvalue weighted by molar-refractivity contribution is -0.135. The summed E-state index contributed by atoms with van der Waals surface area (Å²) in [5.41, 5.74) is 1.84. The van der Waals surface area contributed by atoms with E-state index in [4.69, 9.17) is 4.74 Å². The summed E-state index contributed by atoms with van der Waals surface area (Å²) in [6, 6.07) is 33.2. The molecule has 2 nitrogen and oxygen atoms in total. The molecule has 4 aromatic carbocycles. The lowest BCUT2D eigenvalue weighted by Gasteiger charge is -2.17. The van der Waals surface area contributed by atoms with Gasteiger partial charge in [0.15, 0.2) is 0 Å². The van der Waals surface area contributed by atoms with E-state index in [0.29, 0.717) is 5.75 Å². The molecular weight excluding hydrogens is 320 g/mol. The smallest absolute Gasteiger partial charge is 0.323 e. The Balaban J connectivity index is 1.73. The minimum absolute atomic E-state index is 0.279. The van der Waals surface area contributed by atoms with Gasteiger partial charge in [0.2, 0.25) is 0 Å². The normalized spacial score (nSPS) is 10.8. The first-order valence-corrected chi connectivity index (χ1v) is 8.62. The number of ether oxygens (including phenoxy) is 1. The van der Waals surface area contributed by atoms with Gasteiger partial charge in [-0.1, -0.05) is 97.1 Å². The topological polar surface area (TPSA) is 26.3 Å². The summed E-state index contributed by atoms with van der Waals surface area (Å²) in [5, 5.41) is 1.98. The fourth-order valence-corrected chi connectivity index (χ4v) is 3.21. The van der Waals surface area contributed by atoms with Crippen LogP contribution in [0.1, 0.15) is 17.0 Å². The average Bonchev–Trinajstić information content (AvgIpc) is 2.70. The van der Waals surface area contributed by atoms with Gasteiger partial charge >= 0.3 is 5.97 Å². The molecule has 0 unspecified atom stereocenters. The molecule has 0 amide bonds. The lowest BCUT2D eigenvalue weighted by Crippen LogP contribution is -2.20. The highest BCUT2D eigenvalue weighted by Gasteiger charge is 2.25. The molecule has 4 rings (SSSR count). The lowest BCUT2D eigenvalue weighted by atomic mass is 9.91. The number of hydrogen-bond acceptors (Lipinski definition) is 2. The van der Waals surface area contributed by atoms with Gasteiger partial charge in [0, 0.05) is 5.39 Å². The van der Waals surface area contributed by atoms with Gasteiger partial charge in [-0.25, -0.2) is 0 Å². The van der Waals surface area contributed by atoms with Crippen molar-refractivity contribution in [1.29, 1.82) is 0 Å². The number of fused-ring (bicyclic) bond motifs is 1. The molecule has 0 spiro atoms. The number of benzene rings is 4. The molecule has 2 heteroatoms. The van der Waals surface area contributed by atoms with Gasteiger partial charge in [0.05, 0.1) is 0 Å². The van der Waals surface area contributed by atoms with Crippen LogP contribution in [-0.2, 0) is 4.79 Å². The van der Waals surface area contributed by atoms with E-state index in [1.807, 2.05) is 103 Å². The third-order valence-corrected chi connectivity index (χ3v) is 4.46. The average molecular weight is 338 g/mol. The quantitative estimate of drug-likeness (QED) is 0.359. The van der Waals surface area contributed by atoms with E-state index in [2.05, 4.69) is 0 Å². The van der Waals surface area contributed by atoms with Crippen LogP contribution in [0.5, 0.6) is 5.75 Å².